The number of carbonyl (C=O) groups is 1. The molecule has 0 aliphatic rings. The van der Waals surface area contributed by atoms with Gasteiger partial charge in [0, 0.05) is 24.5 Å². The van der Waals surface area contributed by atoms with Crippen molar-refractivity contribution >= 4 is 17.6 Å². The number of nitrogens with one attached hydrogen (secondary N) is 1. The smallest absolute Gasteiger partial charge is 0.376 e. The molecule has 0 fully saturated rings. The zero-order valence-corrected chi connectivity index (χ0v) is 16.9. The first-order valence-electron chi connectivity index (χ1n) is 9.33. The molecule has 3 aromatic rings. The van der Waals surface area contributed by atoms with Gasteiger partial charge in [0.05, 0.1) is 13.7 Å². The topological polar surface area (TPSA) is 73.6 Å². The minimum absolute atomic E-state index is 0.102. The van der Waals surface area contributed by atoms with E-state index in [1.165, 1.54) is 7.11 Å². The van der Waals surface area contributed by atoms with Crippen LogP contribution in [0.15, 0.2) is 59.0 Å². The third-order valence-corrected chi connectivity index (χ3v) is 4.45. The molecular weight excluding hydrogens is 392 g/mol. The van der Waals surface area contributed by atoms with Gasteiger partial charge in [-0.1, -0.05) is 30.3 Å². The molecule has 3 rings (SSSR count). The van der Waals surface area contributed by atoms with E-state index in [0.29, 0.717) is 37.2 Å². The average molecular weight is 415 g/mol. The number of aromatic nitrogens is 1. The molecule has 1 N–H and O–H groups in total. The van der Waals surface area contributed by atoms with E-state index in [2.05, 4.69) is 10.3 Å². The van der Waals surface area contributed by atoms with Crippen LogP contribution in [0.1, 0.15) is 28.2 Å². The van der Waals surface area contributed by atoms with E-state index in [4.69, 9.17) is 25.5 Å². The summed E-state index contributed by atoms with van der Waals surface area (Å²) in [6.07, 6.45) is 0.783. The number of rotatable bonds is 10. The van der Waals surface area contributed by atoms with Crippen molar-refractivity contribution in [2.75, 3.05) is 19.6 Å². The van der Waals surface area contributed by atoms with Gasteiger partial charge in [-0.3, -0.25) is 0 Å². The zero-order valence-electron chi connectivity index (χ0n) is 16.2. The van der Waals surface area contributed by atoms with Gasteiger partial charge in [0.1, 0.15) is 11.4 Å². The minimum atomic E-state index is -0.554. The van der Waals surface area contributed by atoms with Gasteiger partial charge >= 0.3 is 5.97 Å². The Morgan fingerprint density at radius 1 is 1.10 bits per heavy atom. The number of hydrogen-bond donors (Lipinski definition) is 1. The average Bonchev–Trinajstić information content (AvgIpc) is 3.19. The standard InChI is InChI=1S/C22H23ClN2O4/c1-27-22(26)20-19(15-24-14-16-6-3-2-4-7-16)25-21(29-20)17-8-10-18(11-9-17)28-13-5-12-23/h2-4,6-11,24H,5,12-15H2,1H3. The van der Waals surface area contributed by atoms with E-state index in [0.717, 1.165) is 23.3 Å². The fourth-order valence-corrected chi connectivity index (χ4v) is 2.82. The highest BCUT2D eigenvalue weighted by Gasteiger charge is 2.21. The number of halogens is 1. The predicted molar refractivity (Wildman–Crippen MR) is 111 cm³/mol. The number of nitrogens with zero attached hydrogens (tertiary/aromatic N) is 1. The lowest BCUT2D eigenvalue weighted by molar-refractivity contribution is 0.0564. The highest BCUT2D eigenvalue weighted by Crippen LogP contribution is 2.25. The summed E-state index contributed by atoms with van der Waals surface area (Å²) in [7, 11) is 1.32. The van der Waals surface area contributed by atoms with Gasteiger partial charge in [0.2, 0.25) is 11.7 Å². The molecule has 0 atom stereocenters. The van der Waals surface area contributed by atoms with Crippen LogP contribution in [0.25, 0.3) is 11.5 Å². The predicted octanol–water partition coefficient (Wildman–Crippen LogP) is 4.43. The fourth-order valence-electron chi connectivity index (χ4n) is 2.71. The van der Waals surface area contributed by atoms with Crippen LogP contribution in [-0.2, 0) is 17.8 Å². The lowest BCUT2D eigenvalue weighted by Gasteiger charge is -2.04. The number of methoxy groups -OCH3 is 1. The van der Waals surface area contributed by atoms with E-state index in [1.54, 1.807) is 0 Å². The molecule has 0 spiro atoms. The van der Waals surface area contributed by atoms with Crippen molar-refractivity contribution in [2.45, 2.75) is 19.5 Å². The Morgan fingerprint density at radius 3 is 2.55 bits per heavy atom. The number of carbonyl (C=O) groups excluding carboxylic acids is 1. The van der Waals surface area contributed by atoms with Crippen molar-refractivity contribution < 1.29 is 18.7 Å². The van der Waals surface area contributed by atoms with Gasteiger partial charge in [-0.2, -0.15) is 0 Å². The van der Waals surface area contributed by atoms with Crippen LogP contribution >= 0.6 is 11.6 Å². The second kappa shape index (κ2) is 10.6. The first-order chi connectivity index (χ1) is 14.2. The van der Waals surface area contributed by atoms with Crippen LogP contribution in [-0.4, -0.2) is 30.5 Å². The molecule has 1 aromatic heterocycles. The van der Waals surface area contributed by atoms with Gasteiger partial charge in [-0.25, -0.2) is 9.78 Å². The summed E-state index contributed by atoms with van der Waals surface area (Å²) in [5, 5.41) is 3.28. The van der Waals surface area contributed by atoms with E-state index >= 15 is 0 Å². The van der Waals surface area contributed by atoms with Crippen molar-refractivity contribution in [3.63, 3.8) is 0 Å². The molecule has 29 heavy (non-hydrogen) atoms. The Balaban J connectivity index is 1.71. The molecule has 0 amide bonds. The molecule has 0 bridgehead atoms. The quantitative estimate of drug-likeness (QED) is 0.300. The first kappa shape index (κ1) is 20.9. The van der Waals surface area contributed by atoms with Crippen molar-refractivity contribution in [2.24, 2.45) is 0 Å². The molecule has 0 unspecified atom stereocenters. The van der Waals surface area contributed by atoms with Crippen molar-refractivity contribution in [3.8, 4) is 17.2 Å². The Bertz CT molecular complexity index is 910. The molecule has 6 nitrogen and oxygen atoms in total. The van der Waals surface area contributed by atoms with Gasteiger partial charge in [-0.15, -0.1) is 11.6 Å². The Kier molecular flexibility index (Phi) is 7.67. The van der Waals surface area contributed by atoms with Crippen LogP contribution in [0.5, 0.6) is 5.75 Å². The molecule has 1 heterocycles. The van der Waals surface area contributed by atoms with Crippen molar-refractivity contribution in [1.82, 2.24) is 10.3 Å². The van der Waals surface area contributed by atoms with Crippen LogP contribution in [0.3, 0.4) is 0 Å². The summed E-state index contributed by atoms with van der Waals surface area (Å²) in [5.41, 5.74) is 2.39. The maximum Gasteiger partial charge on any atom is 0.376 e. The lowest BCUT2D eigenvalue weighted by Crippen LogP contribution is -2.15. The summed E-state index contributed by atoms with van der Waals surface area (Å²) < 4.78 is 16.1. The minimum Gasteiger partial charge on any atom is -0.494 e. The van der Waals surface area contributed by atoms with Crippen molar-refractivity contribution in [3.05, 3.63) is 71.6 Å². The highest BCUT2D eigenvalue weighted by molar-refractivity contribution is 6.17. The van der Waals surface area contributed by atoms with Crippen molar-refractivity contribution in [1.29, 1.82) is 0 Å². The van der Waals surface area contributed by atoms with Gasteiger partial charge in [0.25, 0.3) is 0 Å². The van der Waals surface area contributed by atoms with E-state index in [9.17, 15) is 4.79 Å². The van der Waals surface area contributed by atoms with E-state index < -0.39 is 5.97 Å². The Hall–Kier alpha value is -2.83. The van der Waals surface area contributed by atoms with Gasteiger partial charge in [-0.05, 0) is 36.2 Å². The third kappa shape index (κ3) is 5.82. The second-order valence-corrected chi connectivity index (χ2v) is 6.67. The Morgan fingerprint density at radius 2 is 1.86 bits per heavy atom. The third-order valence-electron chi connectivity index (χ3n) is 4.18. The number of ether oxygens (including phenoxy) is 2. The molecule has 7 heteroatoms. The van der Waals surface area contributed by atoms with E-state index in [-0.39, 0.29) is 5.76 Å². The number of alkyl halides is 1. The van der Waals surface area contributed by atoms with Crippen LogP contribution in [0.4, 0.5) is 0 Å². The largest absolute Gasteiger partial charge is 0.494 e. The number of esters is 1. The maximum absolute atomic E-state index is 12.1. The Labute approximate surface area is 174 Å². The summed E-state index contributed by atoms with van der Waals surface area (Å²) >= 11 is 5.66. The van der Waals surface area contributed by atoms with Crippen LogP contribution in [0.2, 0.25) is 0 Å². The normalized spacial score (nSPS) is 10.7. The molecule has 0 aliphatic heterocycles. The number of oxazole rings is 1. The SMILES string of the molecule is COC(=O)c1oc(-c2ccc(OCCCCl)cc2)nc1CNCc1ccccc1. The molecule has 0 aliphatic carbocycles. The van der Waals surface area contributed by atoms with Gasteiger partial charge < -0.3 is 19.2 Å². The van der Waals surface area contributed by atoms with E-state index in [1.807, 2.05) is 54.6 Å². The summed E-state index contributed by atoms with van der Waals surface area (Å²) in [4.78, 5) is 16.6. The molecule has 152 valence electrons. The maximum atomic E-state index is 12.1. The molecule has 0 radical (unpaired) electrons. The number of hydrogen-bond acceptors (Lipinski definition) is 6. The fraction of sp³-hybridized carbons (Fsp3) is 0.273. The number of benzene rings is 2. The second-order valence-electron chi connectivity index (χ2n) is 6.29. The molecular formula is C22H23ClN2O4. The zero-order chi connectivity index (χ0) is 20.5. The lowest BCUT2D eigenvalue weighted by atomic mass is 10.2. The molecule has 2 aromatic carbocycles. The van der Waals surface area contributed by atoms with Crippen LogP contribution in [0, 0.1) is 0 Å². The molecule has 0 saturated heterocycles. The summed E-state index contributed by atoms with van der Waals surface area (Å²) in [5.74, 6) is 1.20. The monoisotopic (exact) mass is 414 g/mol. The summed E-state index contributed by atoms with van der Waals surface area (Å²) in [6, 6.07) is 17.3. The van der Waals surface area contributed by atoms with Gasteiger partial charge in [0.15, 0.2) is 0 Å². The van der Waals surface area contributed by atoms with Crippen LogP contribution < -0.4 is 10.1 Å². The molecule has 0 saturated carbocycles. The summed E-state index contributed by atoms with van der Waals surface area (Å²) in [6.45, 7) is 1.59. The highest BCUT2D eigenvalue weighted by atomic mass is 35.5. The first-order valence-corrected chi connectivity index (χ1v) is 9.86.